The van der Waals surface area contributed by atoms with Crippen molar-refractivity contribution in [3.8, 4) is 6.07 Å². The van der Waals surface area contributed by atoms with Gasteiger partial charge in [-0.2, -0.15) is 5.26 Å². The van der Waals surface area contributed by atoms with E-state index in [4.69, 9.17) is 4.74 Å². The number of nitriles is 1. The highest BCUT2D eigenvalue weighted by atomic mass is 19.1. The van der Waals surface area contributed by atoms with Crippen molar-refractivity contribution in [1.29, 1.82) is 5.26 Å². The molecule has 0 aliphatic heterocycles. The molecule has 6 nitrogen and oxygen atoms in total. The molecular formula is C19H15FN4O2. The Hall–Kier alpha value is -3.53. The van der Waals surface area contributed by atoms with Crippen LogP contribution in [0.5, 0.6) is 0 Å². The SMILES string of the molecule is COC(=O)C(C#N)c1nc2ccccc2nc1Nc1ccc(C)c(F)c1. The summed E-state index contributed by atoms with van der Waals surface area (Å²) in [4.78, 5) is 20.8. The van der Waals surface area contributed by atoms with E-state index in [2.05, 4.69) is 15.3 Å². The Morgan fingerprint density at radius 3 is 2.54 bits per heavy atom. The number of rotatable bonds is 4. The Labute approximate surface area is 149 Å². The average molecular weight is 350 g/mol. The molecule has 0 aliphatic carbocycles. The van der Waals surface area contributed by atoms with E-state index in [1.165, 1.54) is 13.2 Å². The molecule has 2 aromatic carbocycles. The second kappa shape index (κ2) is 7.15. The van der Waals surface area contributed by atoms with Crippen LogP contribution < -0.4 is 5.32 Å². The van der Waals surface area contributed by atoms with Crippen molar-refractivity contribution in [3.63, 3.8) is 0 Å². The van der Waals surface area contributed by atoms with Crippen molar-refractivity contribution in [3.05, 3.63) is 59.5 Å². The quantitative estimate of drug-likeness (QED) is 0.723. The van der Waals surface area contributed by atoms with Gasteiger partial charge in [-0.3, -0.25) is 4.79 Å². The monoisotopic (exact) mass is 350 g/mol. The van der Waals surface area contributed by atoms with E-state index in [0.717, 1.165) is 0 Å². The minimum Gasteiger partial charge on any atom is -0.468 e. The van der Waals surface area contributed by atoms with Crippen molar-refractivity contribution in [2.75, 3.05) is 12.4 Å². The zero-order valence-electron chi connectivity index (χ0n) is 14.2. The first-order chi connectivity index (χ1) is 12.5. The highest BCUT2D eigenvalue weighted by molar-refractivity contribution is 5.85. The number of fused-ring (bicyclic) bond motifs is 1. The number of carbonyl (C=O) groups excluding carboxylic acids is 1. The molecule has 130 valence electrons. The van der Waals surface area contributed by atoms with Crippen molar-refractivity contribution < 1.29 is 13.9 Å². The summed E-state index contributed by atoms with van der Waals surface area (Å²) in [7, 11) is 1.20. The molecule has 0 aliphatic rings. The van der Waals surface area contributed by atoms with Crippen LogP contribution in [0.2, 0.25) is 0 Å². The number of anilines is 2. The number of halogens is 1. The Bertz CT molecular complexity index is 1030. The van der Waals surface area contributed by atoms with Gasteiger partial charge in [0, 0.05) is 5.69 Å². The first kappa shape index (κ1) is 17.3. The largest absolute Gasteiger partial charge is 0.468 e. The second-order valence-corrected chi connectivity index (χ2v) is 5.62. The summed E-state index contributed by atoms with van der Waals surface area (Å²) in [6, 6.07) is 13.6. The zero-order valence-corrected chi connectivity index (χ0v) is 14.2. The number of benzene rings is 2. The van der Waals surface area contributed by atoms with E-state index in [0.29, 0.717) is 22.3 Å². The number of aromatic nitrogens is 2. The molecule has 1 N–H and O–H groups in total. The van der Waals surface area contributed by atoms with E-state index in [9.17, 15) is 14.4 Å². The Morgan fingerprint density at radius 2 is 1.92 bits per heavy atom. The van der Waals surface area contributed by atoms with Crippen LogP contribution in [-0.2, 0) is 9.53 Å². The minimum absolute atomic E-state index is 0.124. The fourth-order valence-corrected chi connectivity index (χ4v) is 2.46. The topological polar surface area (TPSA) is 87.9 Å². The van der Waals surface area contributed by atoms with Gasteiger partial charge < -0.3 is 10.1 Å². The molecule has 0 saturated carbocycles. The van der Waals surface area contributed by atoms with E-state index < -0.39 is 11.9 Å². The van der Waals surface area contributed by atoms with Gasteiger partial charge in [-0.15, -0.1) is 0 Å². The number of hydrogen-bond acceptors (Lipinski definition) is 6. The lowest BCUT2D eigenvalue weighted by molar-refractivity contribution is -0.141. The smallest absolute Gasteiger partial charge is 0.329 e. The molecule has 26 heavy (non-hydrogen) atoms. The predicted molar refractivity (Wildman–Crippen MR) is 94.3 cm³/mol. The molecule has 1 unspecified atom stereocenters. The lowest BCUT2D eigenvalue weighted by Gasteiger charge is -2.14. The zero-order chi connectivity index (χ0) is 18.7. The third-order valence-corrected chi connectivity index (χ3v) is 3.87. The molecule has 0 radical (unpaired) electrons. The molecule has 1 heterocycles. The maximum absolute atomic E-state index is 13.8. The molecule has 3 rings (SSSR count). The normalized spacial score (nSPS) is 11.6. The van der Waals surface area contributed by atoms with Gasteiger partial charge in [-0.05, 0) is 36.8 Å². The van der Waals surface area contributed by atoms with Gasteiger partial charge in [-0.1, -0.05) is 18.2 Å². The lowest BCUT2D eigenvalue weighted by atomic mass is 10.1. The number of esters is 1. The summed E-state index contributed by atoms with van der Waals surface area (Å²) < 4.78 is 18.5. The van der Waals surface area contributed by atoms with Gasteiger partial charge in [0.25, 0.3) is 0 Å². The Morgan fingerprint density at radius 1 is 1.23 bits per heavy atom. The van der Waals surface area contributed by atoms with Crippen molar-refractivity contribution in [2.45, 2.75) is 12.8 Å². The van der Waals surface area contributed by atoms with E-state index in [1.54, 1.807) is 43.3 Å². The van der Waals surface area contributed by atoms with Crippen LogP contribution in [0, 0.1) is 24.1 Å². The maximum atomic E-state index is 13.8. The second-order valence-electron chi connectivity index (χ2n) is 5.62. The summed E-state index contributed by atoms with van der Waals surface area (Å²) in [6.45, 7) is 1.66. The highest BCUT2D eigenvalue weighted by Gasteiger charge is 2.27. The number of methoxy groups -OCH3 is 1. The molecule has 0 saturated heterocycles. The van der Waals surface area contributed by atoms with Gasteiger partial charge in [0.15, 0.2) is 11.7 Å². The lowest BCUT2D eigenvalue weighted by Crippen LogP contribution is -2.16. The summed E-state index contributed by atoms with van der Waals surface area (Å²) in [5.74, 6) is -2.18. The van der Waals surface area contributed by atoms with Crippen LogP contribution >= 0.6 is 0 Å². The van der Waals surface area contributed by atoms with Crippen LogP contribution in [0.3, 0.4) is 0 Å². The Balaban J connectivity index is 2.14. The van der Waals surface area contributed by atoms with Crippen molar-refractivity contribution in [1.82, 2.24) is 9.97 Å². The molecular weight excluding hydrogens is 335 g/mol. The molecule has 3 aromatic rings. The number of para-hydroxylation sites is 2. The van der Waals surface area contributed by atoms with Crippen LogP contribution in [-0.4, -0.2) is 23.0 Å². The highest BCUT2D eigenvalue weighted by Crippen LogP contribution is 2.28. The number of ether oxygens (including phenoxy) is 1. The Kier molecular flexibility index (Phi) is 4.76. The molecule has 1 atom stereocenters. The maximum Gasteiger partial charge on any atom is 0.329 e. The van der Waals surface area contributed by atoms with Crippen LogP contribution in [0.1, 0.15) is 17.2 Å². The fraction of sp³-hybridized carbons (Fsp3) is 0.158. The predicted octanol–water partition coefficient (Wildman–Crippen LogP) is 3.60. The average Bonchev–Trinajstić information content (AvgIpc) is 2.65. The molecule has 1 aromatic heterocycles. The van der Waals surface area contributed by atoms with Crippen LogP contribution in [0.25, 0.3) is 11.0 Å². The number of aryl methyl sites for hydroxylation is 1. The summed E-state index contributed by atoms with van der Waals surface area (Å²) >= 11 is 0. The van der Waals surface area contributed by atoms with E-state index in [-0.39, 0.29) is 17.3 Å². The third kappa shape index (κ3) is 3.30. The molecule has 0 amide bonds. The molecule has 0 fully saturated rings. The van der Waals surface area contributed by atoms with Gasteiger partial charge in [0.1, 0.15) is 11.5 Å². The van der Waals surface area contributed by atoms with E-state index >= 15 is 0 Å². The summed E-state index contributed by atoms with van der Waals surface area (Å²) in [5.41, 5.74) is 2.17. The van der Waals surface area contributed by atoms with E-state index in [1.807, 2.05) is 6.07 Å². The number of nitrogens with one attached hydrogen (secondary N) is 1. The molecule has 0 bridgehead atoms. The number of carbonyl (C=O) groups is 1. The van der Waals surface area contributed by atoms with Crippen LogP contribution in [0.15, 0.2) is 42.5 Å². The van der Waals surface area contributed by atoms with Gasteiger partial charge >= 0.3 is 5.97 Å². The fourth-order valence-electron chi connectivity index (χ4n) is 2.46. The number of nitrogens with zero attached hydrogens (tertiary/aromatic N) is 3. The number of hydrogen-bond donors (Lipinski definition) is 1. The van der Waals surface area contributed by atoms with Gasteiger partial charge in [0.05, 0.1) is 24.2 Å². The first-order valence-corrected chi connectivity index (χ1v) is 7.80. The minimum atomic E-state index is -1.25. The van der Waals surface area contributed by atoms with Gasteiger partial charge in [0.2, 0.25) is 0 Å². The van der Waals surface area contributed by atoms with Crippen molar-refractivity contribution >= 4 is 28.5 Å². The van der Waals surface area contributed by atoms with Crippen molar-refractivity contribution in [2.24, 2.45) is 0 Å². The first-order valence-electron chi connectivity index (χ1n) is 7.80. The van der Waals surface area contributed by atoms with Gasteiger partial charge in [-0.25, -0.2) is 14.4 Å². The standard InChI is InChI=1S/C19H15FN4O2/c1-11-7-8-12(9-14(11)20)22-18-17(13(10-21)19(25)26-2)23-15-5-3-4-6-16(15)24-18/h3-9,13H,1-2H3,(H,22,24). The van der Waals surface area contributed by atoms with Crippen LogP contribution in [0.4, 0.5) is 15.9 Å². The third-order valence-electron chi connectivity index (χ3n) is 3.87. The summed E-state index contributed by atoms with van der Waals surface area (Å²) in [6.07, 6.45) is 0. The molecule has 0 spiro atoms. The summed E-state index contributed by atoms with van der Waals surface area (Å²) in [5, 5.41) is 12.4. The molecule has 7 heteroatoms.